The summed E-state index contributed by atoms with van der Waals surface area (Å²) >= 11 is 5.97. The van der Waals surface area contributed by atoms with Crippen molar-refractivity contribution in [1.82, 2.24) is 4.98 Å². The van der Waals surface area contributed by atoms with Gasteiger partial charge in [0.15, 0.2) is 0 Å². The molecule has 0 aliphatic carbocycles. The van der Waals surface area contributed by atoms with Gasteiger partial charge in [-0.1, -0.05) is 25.4 Å². The highest BCUT2D eigenvalue weighted by Gasteiger charge is 2.17. The average molecular weight is 304 g/mol. The molecule has 2 rings (SSSR count). The summed E-state index contributed by atoms with van der Waals surface area (Å²) < 4.78 is 0. The van der Waals surface area contributed by atoms with Crippen LogP contribution in [0.25, 0.3) is 10.9 Å². The second-order valence-electron chi connectivity index (χ2n) is 5.82. The lowest BCUT2D eigenvalue weighted by molar-refractivity contribution is 0.220. The molecule has 21 heavy (non-hydrogen) atoms. The van der Waals surface area contributed by atoms with Gasteiger partial charge in [0.2, 0.25) is 0 Å². The van der Waals surface area contributed by atoms with E-state index in [0.717, 1.165) is 10.9 Å². The third kappa shape index (κ3) is 3.84. The van der Waals surface area contributed by atoms with E-state index in [2.05, 4.69) is 30.2 Å². The normalized spacial score (nSPS) is 11.4. The van der Waals surface area contributed by atoms with E-state index in [-0.39, 0.29) is 12.0 Å². The average Bonchev–Trinajstić information content (AvgIpc) is 2.44. The molecule has 2 aromatic rings. The molecule has 2 N–H and O–H groups in total. The number of halogens is 1. The van der Waals surface area contributed by atoms with Crippen LogP contribution in [0.5, 0.6) is 0 Å². The molecule has 0 aliphatic heterocycles. The van der Waals surface area contributed by atoms with E-state index in [1.165, 1.54) is 0 Å². The number of nitrogens with zero attached hydrogens (tertiary/aromatic N) is 2. The standard InChI is InChI=1S/C16H18ClN3O/c1-16(2,5-6-21)10-19-15-7-11(9-18)13-8-12(17)3-4-14(13)20-15/h3-4,7-8,21H,5-6,10H2,1-2H3,(H,19,20). The Kier molecular flexibility index (Phi) is 4.66. The van der Waals surface area contributed by atoms with Gasteiger partial charge < -0.3 is 10.4 Å². The van der Waals surface area contributed by atoms with E-state index in [1.807, 2.05) is 6.07 Å². The number of benzene rings is 1. The molecule has 0 fully saturated rings. The maximum Gasteiger partial charge on any atom is 0.128 e. The van der Waals surface area contributed by atoms with E-state index in [0.29, 0.717) is 29.4 Å². The maximum atomic E-state index is 9.28. The number of aromatic nitrogens is 1. The largest absolute Gasteiger partial charge is 0.396 e. The topological polar surface area (TPSA) is 68.9 Å². The number of rotatable bonds is 5. The van der Waals surface area contributed by atoms with Gasteiger partial charge in [-0.2, -0.15) is 5.26 Å². The van der Waals surface area contributed by atoms with Crippen molar-refractivity contribution in [3.8, 4) is 6.07 Å². The van der Waals surface area contributed by atoms with E-state index in [4.69, 9.17) is 16.7 Å². The van der Waals surface area contributed by atoms with Crippen LogP contribution in [0.1, 0.15) is 25.8 Å². The van der Waals surface area contributed by atoms with Gasteiger partial charge in [0, 0.05) is 23.6 Å². The monoisotopic (exact) mass is 303 g/mol. The van der Waals surface area contributed by atoms with Gasteiger partial charge in [-0.15, -0.1) is 0 Å². The van der Waals surface area contributed by atoms with E-state index in [9.17, 15) is 5.26 Å². The number of nitrogens with one attached hydrogen (secondary N) is 1. The van der Waals surface area contributed by atoms with Crippen molar-refractivity contribution in [1.29, 1.82) is 5.26 Å². The first-order valence-corrected chi connectivity index (χ1v) is 7.18. The Balaban J connectivity index is 2.30. The SMILES string of the molecule is CC(C)(CCO)CNc1cc(C#N)c2cc(Cl)ccc2n1. The Bertz CT molecular complexity index is 692. The highest BCUT2D eigenvalue weighted by Crippen LogP contribution is 2.25. The summed E-state index contributed by atoms with van der Waals surface area (Å²) in [6.45, 7) is 4.97. The van der Waals surface area contributed by atoms with Crippen LogP contribution in [0.4, 0.5) is 5.82 Å². The van der Waals surface area contributed by atoms with Crippen LogP contribution in [0.15, 0.2) is 24.3 Å². The van der Waals surface area contributed by atoms with Crippen molar-refractivity contribution in [3.05, 3.63) is 34.9 Å². The minimum atomic E-state index is -0.0435. The summed E-state index contributed by atoms with van der Waals surface area (Å²) in [6.07, 6.45) is 0.703. The Morgan fingerprint density at radius 1 is 1.38 bits per heavy atom. The molecule has 0 bridgehead atoms. The van der Waals surface area contributed by atoms with Gasteiger partial charge in [-0.05, 0) is 36.1 Å². The van der Waals surface area contributed by atoms with Gasteiger partial charge in [0.25, 0.3) is 0 Å². The third-order valence-electron chi connectivity index (χ3n) is 3.43. The molecule has 0 amide bonds. The summed E-state index contributed by atoms with van der Waals surface area (Å²) in [5.74, 6) is 0.660. The highest BCUT2D eigenvalue weighted by atomic mass is 35.5. The molecule has 1 aromatic carbocycles. The van der Waals surface area contributed by atoms with Crippen LogP contribution in [-0.4, -0.2) is 23.2 Å². The van der Waals surface area contributed by atoms with E-state index in [1.54, 1.807) is 18.2 Å². The van der Waals surface area contributed by atoms with Crippen molar-refractivity contribution in [2.75, 3.05) is 18.5 Å². The molecule has 0 saturated heterocycles. The number of hydrogen-bond donors (Lipinski definition) is 2. The van der Waals surface area contributed by atoms with Crippen LogP contribution >= 0.6 is 11.6 Å². The van der Waals surface area contributed by atoms with Gasteiger partial charge in [-0.3, -0.25) is 0 Å². The Morgan fingerprint density at radius 2 is 2.14 bits per heavy atom. The summed E-state index contributed by atoms with van der Waals surface area (Å²) in [5.41, 5.74) is 1.24. The number of aliphatic hydroxyl groups is 1. The number of fused-ring (bicyclic) bond motifs is 1. The molecule has 0 unspecified atom stereocenters. The molecule has 0 saturated carbocycles. The fourth-order valence-electron chi connectivity index (χ4n) is 2.10. The van der Waals surface area contributed by atoms with Crippen molar-refractivity contribution >= 4 is 28.3 Å². The van der Waals surface area contributed by atoms with Gasteiger partial charge in [-0.25, -0.2) is 4.98 Å². The van der Waals surface area contributed by atoms with Crippen LogP contribution in [0.3, 0.4) is 0 Å². The molecule has 0 radical (unpaired) electrons. The van der Waals surface area contributed by atoms with Crippen molar-refractivity contribution in [2.24, 2.45) is 5.41 Å². The lowest BCUT2D eigenvalue weighted by Gasteiger charge is -2.24. The molecule has 0 aliphatic rings. The fourth-order valence-corrected chi connectivity index (χ4v) is 2.27. The second-order valence-corrected chi connectivity index (χ2v) is 6.26. The van der Waals surface area contributed by atoms with Gasteiger partial charge >= 0.3 is 0 Å². The summed E-state index contributed by atoms with van der Waals surface area (Å²) in [5, 5.41) is 22.9. The predicted molar refractivity (Wildman–Crippen MR) is 85.4 cm³/mol. The predicted octanol–water partition coefficient (Wildman–Crippen LogP) is 3.58. The van der Waals surface area contributed by atoms with Gasteiger partial charge in [0.05, 0.1) is 17.1 Å². The van der Waals surface area contributed by atoms with Crippen LogP contribution in [0, 0.1) is 16.7 Å². The number of pyridine rings is 1. The molecule has 5 heteroatoms. The van der Waals surface area contributed by atoms with Crippen LogP contribution in [-0.2, 0) is 0 Å². The minimum Gasteiger partial charge on any atom is -0.396 e. The number of hydrogen-bond acceptors (Lipinski definition) is 4. The van der Waals surface area contributed by atoms with Crippen molar-refractivity contribution < 1.29 is 5.11 Å². The molecular weight excluding hydrogens is 286 g/mol. The number of anilines is 1. The molecular formula is C16H18ClN3O. The van der Waals surface area contributed by atoms with Gasteiger partial charge in [0.1, 0.15) is 5.82 Å². The highest BCUT2D eigenvalue weighted by molar-refractivity contribution is 6.31. The molecule has 1 aromatic heterocycles. The lowest BCUT2D eigenvalue weighted by atomic mass is 9.90. The van der Waals surface area contributed by atoms with Crippen LogP contribution in [0.2, 0.25) is 5.02 Å². The Morgan fingerprint density at radius 3 is 2.81 bits per heavy atom. The molecule has 1 heterocycles. The number of aliphatic hydroxyl groups excluding tert-OH is 1. The summed E-state index contributed by atoms with van der Waals surface area (Å²) in [7, 11) is 0. The molecule has 0 atom stereocenters. The Hall–Kier alpha value is -1.83. The Labute approximate surface area is 129 Å². The zero-order valence-electron chi connectivity index (χ0n) is 12.2. The van der Waals surface area contributed by atoms with Crippen LogP contribution < -0.4 is 5.32 Å². The zero-order valence-corrected chi connectivity index (χ0v) is 12.9. The fraction of sp³-hybridized carbons (Fsp3) is 0.375. The smallest absolute Gasteiger partial charge is 0.128 e. The molecule has 110 valence electrons. The summed E-state index contributed by atoms with van der Waals surface area (Å²) in [4.78, 5) is 4.50. The number of nitriles is 1. The first-order valence-electron chi connectivity index (χ1n) is 6.80. The second kappa shape index (κ2) is 6.30. The lowest BCUT2D eigenvalue weighted by Crippen LogP contribution is -2.24. The van der Waals surface area contributed by atoms with Crippen molar-refractivity contribution in [3.63, 3.8) is 0 Å². The molecule has 4 nitrogen and oxygen atoms in total. The van der Waals surface area contributed by atoms with Crippen molar-refractivity contribution in [2.45, 2.75) is 20.3 Å². The summed E-state index contributed by atoms with van der Waals surface area (Å²) in [6, 6.07) is 9.23. The zero-order chi connectivity index (χ0) is 15.5. The minimum absolute atomic E-state index is 0.0435. The third-order valence-corrected chi connectivity index (χ3v) is 3.66. The maximum absolute atomic E-state index is 9.28. The quantitative estimate of drug-likeness (QED) is 0.886. The van der Waals surface area contributed by atoms with E-state index < -0.39 is 0 Å². The first kappa shape index (κ1) is 15.6. The molecule has 0 spiro atoms. The van der Waals surface area contributed by atoms with E-state index >= 15 is 0 Å². The first-order chi connectivity index (χ1) is 9.95.